The molecule has 0 atom stereocenters. The second-order valence-electron chi connectivity index (χ2n) is 4.40. The van der Waals surface area contributed by atoms with Crippen molar-refractivity contribution in [3.8, 4) is 5.75 Å². The molecule has 0 aliphatic heterocycles. The number of para-hydroxylation sites is 1. The summed E-state index contributed by atoms with van der Waals surface area (Å²) >= 11 is 0. The van der Waals surface area contributed by atoms with Crippen LogP contribution in [-0.4, -0.2) is 12.8 Å². The van der Waals surface area contributed by atoms with E-state index >= 15 is 0 Å². The van der Waals surface area contributed by atoms with E-state index in [1.54, 1.807) is 0 Å². The topological polar surface area (TPSA) is 33.6 Å². The maximum absolute atomic E-state index is 13.7. The highest BCUT2D eigenvalue weighted by atomic mass is 19.1. The maximum Gasteiger partial charge on any atom is 0.190 e. The average molecular weight is 290 g/mol. The van der Waals surface area contributed by atoms with Crippen molar-refractivity contribution >= 4 is 11.9 Å². The zero-order valence-corrected chi connectivity index (χ0v) is 11.6. The molecule has 0 saturated carbocycles. The second-order valence-corrected chi connectivity index (χ2v) is 4.40. The molecule has 0 bridgehead atoms. The maximum atomic E-state index is 13.7. The van der Waals surface area contributed by atoms with Crippen LogP contribution in [0.5, 0.6) is 5.75 Å². The molecule has 21 heavy (non-hydrogen) atoms. The first-order valence-corrected chi connectivity index (χ1v) is 6.66. The molecule has 0 unspecified atom stereocenters. The fourth-order valence-corrected chi connectivity index (χ4v) is 1.69. The number of hydrogen-bond acceptors (Lipinski definition) is 3. The van der Waals surface area contributed by atoms with Gasteiger partial charge in [0, 0.05) is 5.56 Å². The molecule has 0 aromatic heterocycles. The molecule has 0 saturated heterocycles. The predicted octanol–water partition coefficient (Wildman–Crippen LogP) is 4.20. The molecule has 0 aliphatic rings. The van der Waals surface area contributed by atoms with E-state index in [4.69, 9.17) is 4.74 Å². The number of hydrazone groups is 1. The summed E-state index contributed by atoms with van der Waals surface area (Å²) in [6, 6.07) is 11.6. The molecule has 0 aliphatic carbocycles. The highest BCUT2D eigenvalue weighted by Gasteiger charge is 2.11. The molecule has 1 N–H and O–H groups in total. The van der Waals surface area contributed by atoms with Crippen LogP contribution in [0, 0.1) is 11.6 Å². The normalized spacial score (nSPS) is 10.8. The Morgan fingerprint density at radius 3 is 2.43 bits per heavy atom. The number of anilines is 1. The summed E-state index contributed by atoms with van der Waals surface area (Å²) < 4.78 is 32.5. The van der Waals surface area contributed by atoms with Gasteiger partial charge in [0.2, 0.25) is 0 Å². The van der Waals surface area contributed by atoms with Gasteiger partial charge >= 0.3 is 0 Å². The van der Waals surface area contributed by atoms with E-state index in [1.807, 2.05) is 37.3 Å². The fourth-order valence-electron chi connectivity index (χ4n) is 1.69. The SMILES string of the molecule is CCCOc1c(F)cc(C=NNc2ccccc2)cc1F. The summed E-state index contributed by atoms with van der Waals surface area (Å²) in [7, 11) is 0. The van der Waals surface area contributed by atoms with Crippen LogP contribution in [0.15, 0.2) is 47.6 Å². The molecule has 0 heterocycles. The van der Waals surface area contributed by atoms with E-state index < -0.39 is 11.6 Å². The second kappa shape index (κ2) is 7.38. The Morgan fingerprint density at radius 1 is 1.14 bits per heavy atom. The van der Waals surface area contributed by atoms with Crippen LogP contribution in [0.3, 0.4) is 0 Å². The molecule has 0 radical (unpaired) electrons. The van der Waals surface area contributed by atoms with Crippen molar-refractivity contribution in [2.24, 2.45) is 5.10 Å². The Labute approximate surface area is 122 Å². The Bertz CT molecular complexity index is 592. The van der Waals surface area contributed by atoms with Crippen LogP contribution in [0.2, 0.25) is 0 Å². The lowest BCUT2D eigenvalue weighted by atomic mass is 10.2. The van der Waals surface area contributed by atoms with Crippen LogP contribution in [-0.2, 0) is 0 Å². The molecule has 0 amide bonds. The van der Waals surface area contributed by atoms with Crippen molar-refractivity contribution in [1.29, 1.82) is 0 Å². The summed E-state index contributed by atoms with van der Waals surface area (Å²) in [5.41, 5.74) is 3.88. The minimum atomic E-state index is -0.732. The zero-order valence-electron chi connectivity index (χ0n) is 11.6. The fraction of sp³-hybridized carbons (Fsp3) is 0.188. The van der Waals surface area contributed by atoms with Crippen molar-refractivity contribution in [3.05, 3.63) is 59.7 Å². The predicted molar refractivity (Wildman–Crippen MR) is 79.8 cm³/mol. The molecule has 3 nitrogen and oxygen atoms in total. The van der Waals surface area contributed by atoms with Gasteiger partial charge in [0.1, 0.15) is 0 Å². The lowest BCUT2D eigenvalue weighted by molar-refractivity contribution is 0.285. The van der Waals surface area contributed by atoms with Gasteiger partial charge < -0.3 is 4.74 Å². The molecule has 5 heteroatoms. The molecule has 2 rings (SSSR count). The average Bonchev–Trinajstić information content (AvgIpc) is 2.48. The lowest BCUT2D eigenvalue weighted by Crippen LogP contribution is -2.01. The Kier molecular flexibility index (Phi) is 5.26. The first-order valence-electron chi connectivity index (χ1n) is 6.66. The number of nitrogens with zero attached hydrogens (tertiary/aromatic N) is 1. The van der Waals surface area contributed by atoms with Crippen molar-refractivity contribution in [1.82, 2.24) is 0 Å². The number of benzene rings is 2. The number of rotatable bonds is 6. The molecule has 2 aromatic rings. The van der Waals surface area contributed by atoms with Crippen LogP contribution >= 0.6 is 0 Å². The van der Waals surface area contributed by atoms with Gasteiger partial charge in [-0.25, -0.2) is 8.78 Å². The van der Waals surface area contributed by atoms with Crippen LogP contribution in [0.1, 0.15) is 18.9 Å². The largest absolute Gasteiger partial charge is 0.488 e. The van der Waals surface area contributed by atoms with E-state index in [-0.39, 0.29) is 12.4 Å². The molecule has 0 fully saturated rings. The van der Waals surface area contributed by atoms with Crippen molar-refractivity contribution in [2.75, 3.05) is 12.0 Å². The van der Waals surface area contributed by atoms with Gasteiger partial charge in [-0.1, -0.05) is 25.1 Å². The van der Waals surface area contributed by atoms with Crippen molar-refractivity contribution in [3.63, 3.8) is 0 Å². The number of ether oxygens (including phenoxy) is 1. The third-order valence-corrected chi connectivity index (χ3v) is 2.65. The Morgan fingerprint density at radius 2 is 1.81 bits per heavy atom. The summed E-state index contributed by atoms with van der Waals surface area (Å²) in [6.07, 6.45) is 2.03. The number of hydrogen-bond donors (Lipinski definition) is 1. The van der Waals surface area contributed by atoms with Gasteiger partial charge in [-0.15, -0.1) is 0 Å². The third-order valence-electron chi connectivity index (χ3n) is 2.65. The summed E-state index contributed by atoms with van der Waals surface area (Å²) in [5.74, 6) is -1.81. The highest BCUT2D eigenvalue weighted by Crippen LogP contribution is 2.23. The molecular weight excluding hydrogens is 274 g/mol. The van der Waals surface area contributed by atoms with Crippen LogP contribution in [0.4, 0.5) is 14.5 Å². The first kappa shape index (κ1) is 15.0. The van der Waals surface area contributed by atoms with E-state index in [1.165, 1.54) is 18.3 Å². The van der Waals surface area contributed by atoms with Gasteiger partial charge in [-0.3, -0.25) is 5.43 Å². The van der Waals surface area contributed by atoms with Gasteiger partial charge in [0.25, 0.3) is 0 Å². The van der Waals surface area contributed by atoms with Gasteiger partial charge in [-0.05, 0) is 30.7 Å². The Hall–Kier alpha value is -2.43. The quantitative estimate of drug-likeness (QED) is 0.639. The summed E-state index contributed by atoms with van der Waals surface area (Å²) in [4.78, 5) is 0. The highest BCUT2D eigenvalue weighted by molar-refractivity contribution is 5.80. The van der Waals surface area contributed by atoms with E-state index in [9.17, 15) is 8.78 Å². The van der Waals surface area contributed by atoms with Crippen LogP contribution in [0.25, 0.3) is 0 Å². The standard InChI is InChI=1S/C16H16F2N2O/c1-2-8-21-16-14(17)9-12(10-15(16)18)11-19-20-13-6-4-3-5-7-13/h3-7,9-11,20H,2,8H2,1H3. The van der Waals surface area contributed by atoms with E-state index in [0.717, 1.165) is 5.69 Å². The zero-order chi connectivity index (χ0) is 15.1. The molecule has 0 spiro atoms. The van der Waals surface area contributed by atoms with Crippen molar-refractivity contribution in [2.45, 2.75) is 13.3 Å². The third kappa shape index (κ3) is 4.27. The number of nitrogens with one attached hydrogen (secondary N) is 1. The van der Waals surface area contributed by atoms with Gasteiger partial charge in [-0.2, -0.15) is 5.10 Å². The monoisotopic (exact) mass is 290 g/mol. The molecule has 2 aromatic carbocycles. The molecular formula is C16H16F2N2O. The van der Waals surface area contributed by atoms with Gasteiger partial charge in [0.05, 0.1) is 18.5 Å². The van der Waals surface area contributed by atoms with Crippen molar-refractivity contribution < 1.29 is 13.5 Å². The smallest absolute Gasteiger partial charge is 0.190 e. The summed E-state index contributed by atoms with van der Waals surface area (Å²) in [6.45, 7) is 2.14. The van der Waals surface area contributed by atoms with E-state index in [0.29, 0.717) is 12.0 Å². The Balaban J connectivity index is 2.07. The molecule has 110 valence electrons. The minimum Gasteiger partial charge on any atom is -0.488 e. The minimum absolute atomic E-state index is 0.275. The first-order chi connectivity index (χ1) is 10.2. The summed E-state index contributed by atoms with van der Waals surface area (Å²) in [5, 5.41) is 3.94. The van der Waals surface area contributed by atoms with Gasteiger partial charge in [0.15, 0.2) is 17.4 Å². The lowest BCUT2D eigenvalue weighted by Gasteiger charge is -2.07. The van der Waals surface area contributed by atoms with E-state index in [2.05, 4.69) is 10.5 Å². The van der Waals surface area contributed by atoms with Crippen LogP contribution < -0.4 is 10.2 Å². The number of halogens is 2.